The average Bonchev–Trinajstić information content (AvgIpc) is 3.06. The highest BCUT2D eigenvalue weighted by molar-refractivity contribution is 5.88. The van der Waals surface area contributed by atoms with Crippen LogP contribution >= 0.6 is 0 Å². The molecule has 0 aromatic carbocycles. The lowest BCUT2D eigenvalue weighted by Crippen LogP contribution is -2.35. The number of urea groups is 1. The van der Waals surface area contributed by atoms with Crippen molar-refractivity contribution in [2.45, 2.75) is 32.7 Å². The number of hydrogen-bond acceptors (Lipinski definition) is 4. The standard InChI is InChI=1S/C17H25N5O2/c1-3-13(2)22-16(7-9-20-22)21-17(24)19-11-14(12-23)10-15-6-4-5-8-18-15/h4-9,13-14,23H,3,10-12H2,1-2H3,(H2,19,21,24). The van der Waals surface area contributed by atoms with Crippen LogP contribution in [0.25, 0.3) is 0 Å². The molecule has 0 aliphatic rings. The number of pyridine rings is 1. The molecule has 2 amide bonds. The predicted molar refractivity (Wildman–Crippen MR) is 92.8 cm³/mol. The van der Waals surface area contributed by atoms with E-state index in [9.17, 15) is 9.90 Å². The van der Waals surface area contributed by atoms with E-state index < -0.39 is 0 Å². The SMILES string of the molecule is CCC(C)n1nccc1NC(=O)NCC(CO)Cc1ccccn1. The minimum Gasteiger partial charge on any atom is -0.396 e. The number of hydrogen-bond donors (Lipinski definition) is 3. The van der Waals surface area contributed by atoms with E-state index in [1.165, 1.54) is 0 Å². The summed E-state index contributed by atoms with van der Waals surface area (Å²) in [6.45, 7) is 4.47. The summed E-state index contributed by atoms with van der Waals surface area (Å²) in [6.07, 6.45) is 4.93. The van der Waals surface area contributed by atoms with Gasteiger partial charge < -0.3 is 10.4 Å². The fourth-order valence-electron chi connectivity index (χ4n) is 2.35. The van der Waals surface area contributed by atoms with E-state index in [2.05, 4.69) is 27.6 Å². The molecule has 2 rings (SSSR count). The molecule has 2 aromatic heterocycles. The fourth-order valence-corrected chi connectivity index (χ4v) is 2.35. The summed E-state index contributed by atoms with van der Waals surface area (Å²) in [7, 11) is 0. The first kappa shape index (κ1) is 17.9. The lowest BCUT2D eigenvalue weighted by atomic mass is 10.0. The summed E-state index contributed by atoms with van der Waals surface area (Å²) >= 11 is 0. The number of rotatable bonds is 8. The number of aliphatic hydroxyl groups excluding tert-OH is 1. The summed E-state index contributed by atoms with van der Waals surface area (Å²) in [5.41, 5.74) is 0.897. The number of aromatic nitrogens is 3. The molecule has 0 spiro atoms. The highest BCUT2D eigenvalue weighted by Crippen LogP contribution is 2.16. The van der Waals surface area contributed by atoms with Gasteiger partial charge in [-0.25, -0.2) is 9.48 Å². The Bertz CT molecular complexity index is 629. The lowest BCUT2D eigenvalue weighted by molar-refractivity contribution is 0.217. The molecule has 3 N–H and O–H groups in total. The van der Waals surface area contributed by atoms with Gasteiger partial charge in [0.2, 0.25) is 0 Å². The Morgan fingerprint density at radius 1 is 1.33 bits per heavy atom. The number of carbonyl (C=O) groups is 1. The Kier molecular flexibility index (Phi) is 6.74. The van der Waals surface area contributed by atoms with Crippen molar-refractivity contribution < 1.29 is 9.90 Å². The molecule has 0 aliphatic carbocycles. The molecule has 2 atom stereocenters. The second-order valence-corrected chi connectivity index (χ2v) is 5.83. The zero-order valence-electron chi connectivity index (χ0n) is 14.1. The van der Waals surface area contributed by atoms with Crippen molar-refractivity contribution in [1.82, 2.24) is 20.1 Å². The number of carbonyl (C=O) groups excluding carboxylic acids is 1. The van der Waals surface area contributed by atoms with Crippen LogP contribution in [-0.4, -0.2) is 39.1 Å². The molecule has 2 heterocycles. The van der Waals surface area contributed by atoms with Crippen molar-refractivity contribution in [2.24, 2.45) is 5.92 Å². The van der Waals surface area contributed by atoms with Gasteiger partial charge in [-0.05, 0) is 31.9 Å². The first-order valence-corrected chi connectivity index (χ1v) is 8.23. The Balaban J connectivity index is 1.85. The zero-order valence-corrected chi connectivity index (χ0v) is 14.1. The van der Waals surface area contributed by atoms with Crippen LogP contribution in [-0.2, 0) is 6.42 Å². The van der Waals surface area contributed by atoms with E-state index in [1.54, 1.807) is 23.1 Å². The summed E-state index contributed by atoms with van der Waals surface area (Å²) < 4.78 is 1.79. The van der Waals surface area contributed by atoms with E-state index in [0.29, 0.717) is 18.8 Å². The molecule has 0 saturated carbocycles. The van der Waals surface area contributed by atoms with Gasteiger partial charge >= 0.3 is 6.03 Å². The van der Waals surface area contributed by atoms with Crippen LogP contribution < -0.4 is 10.6 Å². The largest absolute Gasteiger partial charge is 0.396 e. The maximum atomic E-state index is 12.1. The topological polar surface area (TPSA) is 92.1 Å². The van der Waals surface area contributed by atoms with Crippen LogP contribution in [0.1, 0.15) is 32.0 Å². The Morgan fingerprint density at radius 2 is 2.17 bits per heavy atom. The maximum absolute atomic E-state index is 12.1. The average molecular weight is 331 g/mol. The van der Waals surface area contributed by atoms with E-state index in [1.807, 2.05) is 25.1 Å². The van der Waals surface area contributed by atoms with Gasteiger partial charge in [-0.1, -0.05) is 13.0 Å². The first-order valence-electron chi connectivity index (χ1n) is 8.23. The summed E-state index contributed by atoms with van der Waals surface area (Å²) in [5, 5.41) is 19.3. The fraction of sp³-hybridized carbons (Fsp3) is 0.471. The van der Waals surface area contributed by atoms with Gasteiger partial charge in [-0.15, -0.1) is 0 Å². The number of nitrogens with zero attached hydrogens (tertiary/aromatic N) is 3. The molecule has 130 valence electrons. The van der Waals surface area contributed by atoms with Crippen LogP contribution in [0.2, 0.25) is 0 Å². The minimum absolute atomic E-state index is 0.0122. The van der Waals surface area contributed by atoms with Crippen LogP contribution in [0, 0.1) is 5.92 Å². The number of anilines is 1. The third-order valence-corrected chi connectivity index (χ3v) is 3.95. The molecule has 0 aliphatic heterocycles. The van der Waals surface area contributed by atoms with Crippen molar-refractivity contribution in [3.8, 4) is 0 Å². The number of aliphatic hydroxyl groups is 1. The van der Waals surface area contributed by atoms with Gasteiger partial charge in [0, 0.05) is 37.0 Å². The molecule has 2 unspecified atom stereocenters. The van der Waals surface area contributed by atoms with Gasteiger partial charge in [0.15, 0.2) is 0 Å². The molecule has 7 nitrogen and oxygen atoms in total. The van der Waals surface area contributed by atoms with Crippen LogP contribution in [0.15, 0.2) is 36.7 Å². The molecule has 0 bridgehead atoms. The van der Waals surface area contributed by atoms with E-state index in [-0.39, 0.29) is 24.6 Å². The number of nitrogens with one attached hydrogen (secondary N) is 2. The van der Waals surface area contributed by atoms with Crippen LogP contribution in [0.3, 0.4) is 0 Å². The third kappa shape index (κ3) is 5.06. The summed E-state index contributed by atoms with van der Waals surface area (Å²) in [4.78, 5) is 16.3. The number of amides is 2. The predicted octanol–water partition coefficient (Wildman–Crippen LogP) is 2.22. The Labute approximate surface area is 142 Å². The molecule has 0 fully saturated rings. The highest BCUT2D eigenvalue weighted by Gasteiger charge is 2.14. The van der Waals surface area contributed by atoms with Crippen LogP contribution in [0.4, 0.5) is 10.6 Å². The summed E-state index contributed by atoms with van der Waals surface area (Å²) in [5.74, 6) is 0.581. The highest BCUT2D eigenvalue weighted by atomic mass is 16.3. The van der Waals surface area contributed by atoms with Crippen molar-refractivity contribution in [3.63, 3.8) is 0 Å². The first-order chi connectivity index (χ1) is 11.6. The Hall–Kier alpha value is -2.41. The molecular weight excluding hydrogens is 306 g/mol. The normalized spacial score (nSPS) is 13.3. The quantitative estimate of drug-likeness (QED) is 0.691. The van der Waals surface area contributed by atoms with Gasteiger partial charge in [-0.3, -0.25) is 10.3 Å². The van der Waals surface area contributed by atoms with Crippen molar-refractivity contribution in [3.05, 3.63) is 42.4 Å². The molecule has 0 saturated heterocycles. The van der Waals surface area contributed by atoms with E-state index in [4.69, 9.17) is 0 Å². The van der Waals surface area contributed by atoms with Crippen molar-refractivity contribution >= 4 is 11.8 Å². The second kappa shape index (κ2) is 9.02. The molecule has 2 aromatic rings. The van der Waals surface area contributed by atoms with E-state index in [0.717, 1.165) is 12.1 Å². The summed E-state index contributed by atoms with van der Waals surface area (Å²) in [6, 6.07) is 7.34. The van der Waals surface area contributed by atoms with Crippen molar-refractivity contribution in [2.75, 3.05) is 18.5 Å². The lowest BCUT2D eigenvalue weighted by Gasteiger charge is -2.17. The van der Waals surface area contributed by atoms with E-state index >= 15 is 0 Å². The van der Waals surface area contributed by atoms with Crippen LogP contribution in [0.5, 0.6) is 0 Å². The van der Waals surface area contributed by atoms with Gasteiger partial charge in [-0.2, -0.15) is 5.10 Å². The molecule has 0 radical (unpaired) electrons. The van der Waals surface area contributed by atoms with Crippen molar-refractivity contribution in [1.29, 1.82) is 0 Å². The monoisotopic (exact) mass is 331 g/mol. The Morgan fingerprint density at radius 3 is 2.83 bits per heavy atom. The third-order valence-electron chi connectivity index (χ3n) is 3.95. The zero-order chi connectivity index (χ0) is 17.4. The molecule has 24 heavy (non-hydrogen) atoms. The van der Waals surface area contributed by atoms with Gasteiger partial charge in [0.25, 0.3) is 0 Å². The van der Waals surface area contributed by atoms with Gasteiger partial charge in [0.1, 0.15) is 5.82 Å². The smallest absolute Gasteiger partial charge is 0.320 e. The second-order valence-electron chi connectivity index (χ2n) is 5.83. The maximum Gasteiger partial charge on any atom is 0.320 e. The minimum atomic E-state index is -0.306. The molecular formula is C17H25N5O2. The molecule has 7 heteroatoms. The van der Waals surface area contributed by atoms with Gasteiger partial charge in [0.05, 0.1) is 12.2 Å².